The number of likely N-dealkylation sites (tertiary alicyclic amines) is 1. The van der Waals surface area contributed by atoms with Gasteiger partial charge in [0.1, 0.15) is 28.9 Å². The lowest BCUT2D eigenvalue weighted by molar-refractivity contribution is -0.133. The number of anilines is 2. The van der Waals surface area contributed by atoms with Crippen LogP contribution in [0.1, 0.15) is 112 Å². The summed E-state index contributed by atoms with van der Waals surface area (Å²) < 4.78 is 24.0. The Balaban J connectivity index is 0.000000170. The Bertz CT molecular complexity index is 2060. The van der Waals surface area contributed by atoms with Crippen LogP contribution in [-0.2, 0) is 9.59 Å². The summed E-state index contributed by atoms with van der Waals surface area (Å²) >= 11 is 0. The summed E-state index contributed by atoms with van der Waals surface area (Å²) in [6, 6.07) is 6.28. The largest absolute Gasteiger partial charge is 0.490 e. The van der Waals surface area contributed by atoms with Gasteiger partial charge in [-0.15, -0.1) is 0 Å². The number of pyridine rings is 3. The number of amides is 3. The molecule has 0 bridgehead atoms. The topological polar surface area (TPSA) is 152 Å². The van der Waals surface area contributed by atoms with Gasteiger partial charge in [0.2, 0.25) is 11.8 Å². The van der Waals surface area contributed by atoms with E-state index in [-0.39, 0.29) is 59.3 Å². The maximum atomic E-state index is 14.7. The molecule has 1 atom stereocenters. The molecular formula is C41H51FN8O5. The zero-order valence-corrected chi connectivity index (χ0v) is 31.6. The van der Waals surface area contributed by atoms with Crippen LogP contribution in [0.3, 0.4) is 0 Å². The van der Waals surface area contributed by atoms with E-state index in [2.05, 4.69) is 30.8 Å². The van der Waals surface area contributed by atoms with Gasteiger partial charge in [0.15, 0.2) is 0 Å². The van der Waals surface area contributed by atoms with Gasteiger partial charge in [0.25, 0.3) is 11.5 Å². The Hall–Kier alpha value is -5.11. The van der Waals surface area contributed by atoms with Crippen molar-refractivity contribution in [2.75, 3.05) is 30.3 Å². The van der Waals surface area contributed by atoms with Crippen molar-refractivity contribution in [2.24, 2.45) is 5.92 Å². The molecule has 2 saturated carbocycles. The van der Waals surface area contributed by atoms with Crippen LogP contribution >= 0.6 is 0 Å². The number of imide groups is 1. The number of hydrogen-bond donors (Lipinski definition) is 3. The van der Waals surface area contributed by atoms with E-state index in [4.69, 9.17) is 4.74 Å². The van der Waals surface area contributed by atoms with Crippen LogP contribution in [0.25, 0.3) is 5.65 Å². The molecule has 4 aromatic heterocycles. The van der Waals surface area contributed by atoms with Gasteiger partial charge >= 0.3 is 0 Å². The summed E-state index contributed by atoms with van der Waals surface area (Å²) in [5, 5.41) is 8.04. The van der Waals surface area contributed by atoms with Crippen LogP contribution in [0.2, 0.25) is 0 Å². The smallest absolute Gasteiger partial charge is 0.274 e. The third kappa shape index (κ3) is 9.59. The molecule has 55 heavy (non-hydrogen) atoms. The van der Waals surface area contributed by atoms with Gasteiger partial charge in [-0.1, -0.05) is 19.3 Å². The summed E-state index contributed by atoms with van der Waals surface area (Å²) in [6.07, 6.45) is 19.8. The molecule has 13 nitrogen and oxygen atoms in total. The predicted molar refractivity (Wildman–Crippen MR) is 207 cm³/mol. The highest BCUT2D eigenvalue weighted by Crippen LogP contribution is 2.34. The number of nitrogens with one attached hydrogen (secondary N) is 3. The van der Waals surface area contributed by atoms with Crippen molar-refractivity contribution >= 4 is 34.7 Å². The molecule has 2 aliphatic heterocycles. The lowest BCUT2D eigenvalue weighted by Gasteiger charge is -2.35. The van der Waals surface area contributed by atoms with Gasteiger partial charge in [-0.2, -0.15) is 0 Å². The Kier molecular flexibility index (Phi) is 11.9. The zero-order chi connectivity index (χ0) is 38.5. The Morgan fingerprint density at radius 2 is 1.78 bits per heavy atom. The molecule has 3 amide bonds. The quantitative estimate of drug-likeness (QED) is 0.164. The average molecular weight is 755 g/mol. The summed E-state index contributed by atoms with van der Waals surface area (Å²) in [7, 11) is 0. The number of ether oxygens (including phenoxy) is 1. The van der Waals surface area contributed by atoms with E-state index >= 15 is 0 Å². The first-order valence-corrected chi connectivity index (χ1v) is 19.7. The Labute approximate surface area is 320 Å². The first kappa shape index (κ1) is 38.2. The van der Waals surface area contributed by atoms with Gasteiger partial charge in [-0.3, -0.25) is 29.5 Å². The van der Waals surface area contributed by atoms with Crippen LogP contribution in [0.5, 0.6) is 5.75 Å². The summed E-state index contributed by atoms with van der Waals surface area (Å²) in [6.45, 7) is 7.00. The highest BCUT2D eigenvalue weighted by atomic mass is 19.1. The normalized spacial score (nSPS) is 19.8. The first-order valence-electron chi connectivity index (χ1n) is 19.7. The van der Waals surface area contributed by atoms with Crippen molar-refractivity contribution in [1.82, 2.24) is 29.2 Å². The number of hydrogen-bond acceptors (Lipinski definition) is 9. The highest BCUT2D eigenvalue weighted by molar-refractivity contribution is 6.06. The molecule has 3 N–H and O–H groups in total. The van der Waals surface area contributed by atoms with E-state index in [0.717, 1.165) is 44.7 Å². The van der Waals surface area contributed by atoms with E-state index in [1.165, 1.54) is 44.7 Å². The first-order chi connectivity index (χ1) is 26.6. The fourth-order valence-electron chi connectivity index (χ4n) is 7.88. The molecule has 14 heteroatoms. The highest BCUT2D eigenvalue weighted by Gasteiger charge is 2.29. The van der Waals surface area contributed by atoms with Crippen molar-refractivity contribution in [3.63, 3.8) is 0 Å². The van der Waals surface area contributed by atoms with E-state index in [1.54, 1.807) is 58.2 Å². The minimum atomic E-state index is -0.525. The lowest BCUT2D eigenvalue weighted by Crippen LogP contribution is -2.47. The van der Waals surface area contributed by atoms with Crippen LogP contribution in [0.4, 0.5) is 15.8 Å². The number of nitrogens with zero attached hydrogens (tertiary/aromatic N) is 5. The SMILES string of the molecule is CC(C)Oc1cc2nccn2cc1C(=O)Nc1cccn(C2CC2)c1=O.O=C1CCC(Nc2cnc(C3CCN(CC4CCCCC4)CC3)c(F)c2)C(=O)N1. The number of carbonyl (C=O) groups excluding carboxylic acids is 3. The molecule has 2 aliphatic carbocycles. The number of rotatable bonds is 10. The number of fused-ring (bicyclic) bond motifs is 1. The molecular weight excluding hydrogens is 704 g/mol. The molecule has 0 aromatic carbocycles. The fourth-order valence-corrected chi connectivity index (χ4v) is 7.88. The maximum absolute atomic E-state index is 14.7. The van der Waals surface area contributed by atoms with E-state index in [0.29, 0.717) is 34.8 Å². The zero-order valence-electron chi connectivity index (χ0n) is 31.6. The number of halogens is 1. The molecule has 1 unspecified atom stereocenters. The van der Waals surface area contributed by atoms with Gasteiger partial charge in [0, 0.05) is 61.8 Å². The minimum Gasteiger partial charge on any atom is -0.490 e. The van der Waals surface area contributed by atoms with Crippen molar-refractivity contribution in [3.05, 3.63) is 82.7 Å². The number of carbonyl (C=O) groups is 3. The molecule has 4 aliphatic rings. The van der Waals surface area contributed by atoms with Crippen LogP contribution < -0.4 is 26.2 Å². The van der Waals surface area contributed by atoms with Crippen LogP contribution in [-0.4, -0.2) is 73.3 Å². The monoisotopic (exact) mass is 754 g/mol. The van der Waals surface area contributed by atoms with Crippen molar-refractivity contribution in [3.8, 4) is 5.75 Å². The second-order valence-electron chi connectivity index (χ2n) is 15.5. The number of imidazole rings is 1. The standard InChI is InChI=1S/C22H31FN4O2.C19H20N4O3/c23-18-12-17(25-19-6-7-20(28)26-22(19)29)13-24-21(18)16-8-10-27(11-9-16)14-15-4-2-1-3-5-15;1-12(2)26-16-10-17-20-7-9-22(17)11-14(16)18(24)21-15-4-3-8-23(19(15)25)13-5-6-13/h12-13,15-16,19,25H,1-11,14H2,(H,26,28,29);3-4,7-13H,5-6H2,1-2H3,(H,21,24). The van der Waals surface area contributed by atoms with Crippen molar-refractivity contribution < 1.29 is 23.5 Å². The molecule has 4 aromatic rings. The Morgan fingerprint density at radius 3 is 2.49 bits per heavy atom. The molecule has 4 fully saturated rings. The van der Waals surface area contributed by atoms with Crippen LogP contribution in [0.15, 0.2) is 60.0 Å². The molecule has 292 valence electrons. The lowest BCUT2D eigenvalue weighted by atomic mass is 9.87. The molecule has 0 radical (unpaired) electrons. The van der Waals surface area contributed by atoms with Gasteiger partial charge in [-0.25, -0.2) is 9.37 Å². The predicted octanol–water partition coefficient (Wildman–Crippen LogP) is 6.07. The molecule has 8 rings (SSSR count). The number of aromatic nitrogens is 4. The maximum Gasteiger partial charge on any atom is 0.274 e. The summed E-state index contributed by atoms with van der Waals surface area (Å²) in [4.78, 5) is 59.7. The van der Waals surface area contributed by atoms with E-state index in [1.807, 2.05) is 13.8 Å². The molecule has 2 saturated heterocycles. The summed E-state index contributed by atoms with van der Waals surface area (Å²) in [5.74, 6) is 0.109. The van der Waals surface area contributed by atoms with Crippen molar-refractivity contribution in [1.29, 1.82) is 0 Å². The molecule has 0 spiro atoms. The second-order valence-corrected chi connectivity index (χ2v) is 15.5. The Morgan fingerprint density at radius 1 is 1.00 bits per heavy atom. The third-order valence-electron chi connectivity index (χ3n) is 10.9. The summed E-state index contributed by atoms with van der Waals surface area (Å²) in [5.41, 5.74) is 2.15. The van der Waals surface area contributed by atoms with Crippen molar-refractivity contribution in [2.45, 2.75) is 109 Å². The van der Waals surface area contributed by atoms with Crippen LogP contribution in [0, 0.1) is 11.7 Å². The third-order valence-corrected chi connectivity index (χ3v) is 10.9. The van der Waals surface area contributed by atoms with Gasteiger partial charge < -0.3 is 29.2 Å². The second kappa shape index (κ2) is 17.1. The van der Waals surface area contributed by atoms with E-state index < -0.39 is 6.04 Å². The van der Waals surface area contributed by atoms with E-state index in [9.17, 15) is 23.6 Å². The molecule has 6 heterocycles. The fraction of sp³-hybridized carbons (Fsp3) is 0.512. The van der Waals surface area contributed by atoms with Gasteiger partial charge in [0.05, 0.1) is 29.2 Å². The number of piperidine rings is 2. The van der Waals surface area contributed by atoms with Gasteiger partial charge in [-0.05, 0) is 89.9 Å². The minimum absolute atomic E-state index is 0.0946. The average Bonchev–Trinajstić information content (AvgIpc) is 3.91.